The van der Waals surface area contributed by atoms with Gasteiger partial charge < -0.3 is 15.4 Å². The molecule has 0 unspecified atom stereocenters. The summed E-state index contributed by atoms with van der Waals surface area (Å²) in [6.45, 7) is 7.91. The normalized spacial score (nSPS) is 16.2. The molecule has 106 valence electrons. The minimum absolute atomic E-state index is 0.0569. The van der Waals surface area contributed by atoms with Crippen LogP contribution in [0.1, 0.15) is 33.6 Å². The van der Waals surface area contributed by atoms with E-state index in [4.69, 9.17) is 11.6 Å². The first kappa shape index (κ1) is 17.2. The summed E-state index contributed by atoms with van der Waals surface area (Å²) < 4.78 is 4.55. The minimum Gasteiger partial charge on any atom is -0.462 e. The van der Waals surface area contributed by atoms with E-state index in [1.165, 1.54) is 0 Å². The second-order valence-corrected chi connectivity index (χ2v) is 5.32. The first-order valence-corrected chi connectivity index (χ1v) is 6.60. The molecule has 1 aliphatic rings. The molecule has 2 N–H and O–H groups in total. The summed E-state index contributed by atoms with van der Waals surface area (Å²) in [6, 6.07) is 0.336. The van der Waals surface area contributed by atoms with E-state index in [0.29, 0.717) is 12.5 Å². The van der Waals surface area contributed by atoms with E-state index < -0.39 is 0 Å². The molecule has 1 heterocycles. The second kappa shape index (κ2) is 9.16. The average Bonchev–Trinajstić information content (AvgIpc) is 2.29. The van der Waals surface area contributed by atoms with Crippen LogP contribution in [0.3, 0.4) is 0 Å². The van der Waals surface area contributed by atoms with Gasteiger partial charge in [0, 0.05) is 6.04 Å². The van der Waals surface area contributed by atoms with Gasteiger partial charge in [0.25, 0.3) is 6.47 Å². The Morgan fingerprint density at radius 1 is 1.44 bits per heavy atom. The van der Waals surface area contributed by atoms with Gasteiger partial charge in [-0.3, -0.25) is 9.59 Å². The van der Waals surface area contributed by atoms with Crippen molar-refractivity contribution in [2.75, 3.05) is 19.0 Å². The van der Waals surface area contributed by atoms with Crippen LogP contribution >= 0.6 is 11.6 Å². The van der Waals surface area contributed by atoms with Gasteiger partial charge >= 0.3 is 0 Å². The summed E-state index contributed by atoms with van der Waals surface area (Å²) in [5.74, 6) is 0.0165. The highest BCUT2D eigenvalue weighted by atomic mass is 35.5. The predicted octanol–water partition coefficient (Wildman–Crippen LogP) is 1.05. The number of halogens is 1. The fourth-order valence-electron chi connectivity index (χ4n) is 1.38. The zero-order valence-electron chi connectivity index (χ0n) is 11.3. The summed E-state index contributed by atoms with van der Waals surface area (Å²) >= 11 is 5.34. The van der Waals surface area contributed by atoms with Crippen molar-refractivity contribution >= 4 is 24.0 Å². The number of hydrogen-bond acceptors (Lipinski definition) is 4. The van der Waals surface area contributed by atoms with Crippen molar-refractivity contribution in [1.82, 2.24) is 10.6 Å². The average molecular weight is 279 g/mol. The lowest BCUT2D eigenvalue weighted by Gasteiger charge is -2.23. The second-order valence-electron chi connectivity index (χ2n) is 5.05. The summed E-state index contributed by atoms with van der Waals surface area (Å²) in [5, 5.41) is 6.08. The monoisotopic (exact) mass is 278 g/mol. The lowest BCUT2D eigenvalue weighted by Crippen LogP contribution is -2.43. The van der Waals surface area contributed by atoms with Crippen molar-refractivity contribution in [2.24, 2.45) is 0 Å². The van der Waals surface area contributed by atoms with Crippen LogP contribution in [0, 0.1) is 0 Å². The molecular weight excluding hydrogens is 256 g/mol. The van der Waals surface area contributed by atoms with Gasteiger partial charge in [-0.15, -0.1) is 11.6 Å². The van der Waals surface area contributed by atoms with Crippen molar-refractivity contribution in [3.05, 3.63) is 0 Å². The third kappa shape index (κ3) is 10.4. The van der Waals surface area contributed by atoms with Gasteiger partial charge in [-0.05, 0) is 46.7 Å². The quantitative estimate of drug-likeness (QED) is 0.598. The van der Waals surface area contributed by atoms with Crippen LogP contribution in [-0.2, 0) is 14.3 Å². The molecule has 0 radical (unpaired) electrons. The molecule has 1 fully saturated rings. The van der Waals surface area contributed by atoms with Crippen LogP contribution in [0.4, 0.5) is 0 Å². The Labute approximate surface area is 114 Å². The summed E-state index contributed by atoms with van der Waals surface area (Å²) in [4.78, 5) is 20.4. The molecule has 0 spiro atoms. The van der Waals surface area contributed by atoms with Crippen LogP contribution in [0.5, 0.6) is 0 Å². The van der Waals surface area contributed by atoms with Gasteiger partial charge in [0.2, 0.25) is 5.91 Å². The largest absolute Gasteiger partial charge is 0.462 e. The predicted molar refractivity (Wildman–Crippen MR) is 71.7 cm³/mol. The van der Waals surface area contributed by atoms with Gasteiger partial charge in [0.1, 0.15) is 11.5 Å². The zero-order valence-corrected chi connectivity index (χ0v) is 12.0. The fraction of sp³-hybridized carbons (Fsp3) is 0.833. The highest BCUT2D eigenvalue weighted by molar-refractivity contribution is 6.27. The number of hydrogen-bond donors (Lipinski definition) is 2. The number of rotatable bonds is 3. The van der Waals surface area contributed by atoms with E-state index in [9.17, 15) is 9.59 Å². The third-order valence-corrected chi connectivity index (χ3v) is 2.47. The van der Waals surface area contributed by atoms with Gasteiger partial charge in [-0.25, -0.2) is 0 Å². The van der Waals surface area contributed by atoms with Crippen LogP contribution in [0.2, 0.25) is 0 Å². The molecule has 0 bridgehead atoms. The first-order valence-electron chi connectivity index (χ1n) is 6.06. The van der Waals surface area contributed by atoms with Gasteiger partial charge in [-0.1, -0.05) is 0 Å². The molecule has 0 aromatic heterocycles. The number of piperidine rings is 1. The molecule has 18 heavy (non-hydrogen) atoms. The number of ether oxygens (including phenoxy) is 1. The van der Waals surface area contributed by atoms with E-state index in [1.54, 1.807) is 0 Å². The summed E-state index contributed by atoms with van der Waals surface area (Å²) in [7, 11) is 0. The van der Waals surface area contributed by atoms with Crippen LogP contribution in [0.25, 0.3) is 0 Å². The lowest BCUT2D eigenvalue weighted by atomic mass is 10.1. The van der Waals surface area contributed by atoms with Crippen LogP contribution < -0.4 is 10.6 Å². The van der Waals surface area contributed by atoms with E-state index >= 15 is 0 Å². The van der Waals surface area contributed by atoms with Crippen LogP contribution in [-0.4, -0.2) is 43.0 Å². The molecule has 1 rings (SSSR count). The maximum Gasteiger partial charge on any atom is 0.293 e. The Balaban J connectivity index is 0.000000360. The van der Waals surface area contributed by atoms with Gasteiger partial charge in [0.15, 0.2) is 0 Å². The molecule has 0 aromatic rings. The SMILES string of the molecule is CC(C)(C)OC=O.O=C(CCl)NC1CCNCC1. The zero-order chi connectivity index (χ0) is 14.0. The minimum atomic E-state index is -0.318. The molecule has 0 aromatic carbocycles. The van der Waals surface area contributed by atoms with Gasteiger partial charge in [-0.2, -0.15) is 0 Å². The Bertz CT molecular complexity index is 248. The Hall–Kier alpha value is -0.810. The maximum atomic E-state index is 10.8. The fourth-order valence-corrected chi connectivity index (χ4v) is 1.45. The molecule has 0 saturated carbocycles. The summed E-state index contributed by atoms with van der Waals surface area (Å²) in [6.07, 6.45) is 2.03. The van der Waals surface area contributed by atoms with Gasteiger partial charge in [0.05, 0.1) is 0 Å². The number of nitrogens with one attached hydrogen (secondary N) is 2. The molecular formula is C12H23ClN2O3. The molecule has 1 amide bonds. The molecule has 1 aliphatic heterocycles. The third-order valence-electron chi connectivity index (χ3n) is 2.23. The summed E-state index contributed by atoms with van der Waals surface area (Å²) in [5.41, 5.74) is -0.318. The standard InChI is InChI=1S/C7H13ClN2O.C5H10O2/c8-5-7(11)10-6-1-3-9-4-2-6;1-5(2,3)7-4-6/h6,9H,1-5H2,(H,10,11);4H,1-3H3. The Kier molecular flexibility index (Phi) is 8.75. The van der Waals surface area contributed by atoms with E-state index in [1.807, 2.05) is 20.8 Å². The van der Waals surface area contributed by atoms with E-state index in [0.717, 1.165) is 25.9 Å². The smallest absolute Gasteiger partial charge is 0.293 e. The van der Waals surface area contributed by atoms with Crippen molar-refractivity contribution in [1.29, 1.82) is 0 Å². The van der Waals surface area contributed by atoms with E-state index in [-0.39, 0.29) is 17.4 Å². The number of amides is 1. The Morgan fingerprint density at radius 2 is 2.00 bits per heavy atom. The van der Waals surface area contributed by atoms with Crippen molar-refractivity contribution in [3.63, 3.8) is 0 Å². The molecule has 0 atom stereocenters. The molecule has 6 heteroatoms. The molecule has 1 saturated heterocycles. The number of carbonyl (C=O) groups is 2. The maximum absolute atomic E-state index is 10.8. The highest BCUT2D eigenvalue weighted by Crippen LogP contribution is 2.02. The van der Waals surface area contributed by atoms with Crippen molar-refractivity contribution in [3.8, 4) is 0 Å². The number of carbonyl (C=O) groups excluding carboxylic acids is 2. The Morgan fingerprint density at radius 3 is 2.33 bits per heavy atom. The topological polar surface area (TPSA) is 67.4 Å². The molecule has 5 nitrogen and oxygen atoms in total. The highest BCUT2D eigenvalue weighted by Gasteiger charge is 2.13. The number of alkyl halides is 1. The van der Waals surface area contributed by atoms with E-state index in [2.05, 4.69) is 15.4 Å². The molecule has 0 aliphatic carbocycles. The van der Waals surface area contributed by atoms with Crippen LogP contribution in [0.15, 0.2) is 0 Å². The van der Waals surface area contributed by atoms with Crippen molar-refractivity contribution in [2.45, 2.75) is 45.3 Å². The van der Waals surface area contributed by atoms with Crippen molar-refractivity contribution < 1.29 is 14.3 Å². The first-order chi connectivity index (χ1) is 8.39. The lowest BCUT2D eigenvalue weighted by molar-refractivity contribution is -0.138.